The molecule has 8 aromatic carbocycles. The quantitative estimate of drug-likeness (QED) is 0.190. The first-order valence-corrected chi connectivity index (χ1v) is 16.7. The Bertz CT molecular complexity index is 2810. The van der Waals surface area contributed by atoms with E-state index in [1.807, 2.05) is 6.07 Å². The molecule has 3 nitrogen and oxygen atoms in total. The molecule has 0 radical (unpaired) electrons. The van der Waals surface area contributed by atoms with Gasteiger partial charge < -0.3 is 13.9 Å². The van der Waals surface area contributed by atoms with Gasteiger partial charge in [0.1, 0.15) is 11.2 Å². The molecule has 0 fully saturated rings. The largest absolute Gasteiger partial charge is 0.456 e. The molecule has 0 atom stereocenters. The van der Waals surface area contributed by atoms with Crippen LogP contribution in [0.15, 0.2) is 186 Å². The summed E-state index contributed by atoms with van der Waals surface area (Å²) in [6.45, 7) is 0. The van der Waals surface area contributed by atoms with Crippen LogP contribution in [0, 0.1) is 0 Å². The van der Waals surface area contributed by atoms with Crippen LogP contribution in [0.5, 0.6) is 0 Å². The number of aromatic nitrogens is 1. The van der Waals surface area contributed by atoms with Crippen molar-refractivity contribution in [3.8, 4) is 16.8 Å². The summed E-state index contributed by atoms with van der Waals surface area (Å²) in [6.07, 6.45) is 0. The van der Waals surface area contributed by atoms with E-state index in [1.165, 1.54) is 32.7 Å². The molecule has 49 heavy (non-hydrogen) atoms. The standard InChI is InChI=1S/C46H30N2O/c1-3-15-32(16-4-1)44-45-37-21-9-11-23-40(37)48(41(45)30-43-46(44)38-22-10-12-25-42(38)49-43)35-28-26-34(27-29-35)47(33-18-5-2-6-19-33)39-24-13-17-31-14-7-8-20-36(31)39/h1-30H. The highest BCUT2D eigenvalue weighted by Gasteiger charge is 2.23. The number of benzene rings is 8. The molecule has 0 bridgehead atoms. The van der Waals surface area contributed by atoms with Gasteiger partial charge in [0, 0.05) is 55.6 Å². The van der Waals surface area contributed by atoms with Crippen LogP contribution in [0.25, 0.3) is 71.3 Å². The maximum Gasteiger partial charge on any atom is 0.138 e. The lowest BCUT2D eigenvalue weighted by Gasteiger charge is -2.27. The minimum absolute atomic E-state index is 0.888. The Morgan fingerprint density at radius 3 is 1.88 bits per heavy atom. The van der Waals surface area contributed by atoms with Crippen molar-refractivity contribution >= 4 is 71.6 Å². The molecule has 0 saturated heterocycles. The highest BCUT2D eigenvalue weighted by molar-refractivity contribution is 6.27. The highest BCUT2D eigenvalue weighted by atomic mass is 16.3. The van der Waals surface area contributed by atoms with Crippen molar-refractivity contribution in [3.05, 3.63) is 182 Å². The van der Waals surface area contributed by atoms with Crippen LogP contribution in [-0.4, -0.2) is 4.57 Å². The number of nitrogens with zero attached hydrogens (tertiary/aromatic N) is 2. The number of fused-ring (bicyclic) bond motifs is 7. The molecule has 0 amide bonds. The Kier molecular flexibility index (Phi) is 6.18. The van der Waals surface area contributed by atoms with Crippen LogP contribution in [0.3, 0.4) is 0 Å². The second kappa shape index (κ2) is 11.0. The molecule has 0 aliphatic heterocycles. The van der Waals surface area contributed by atoms with Crippen LogP contribution in [0.1, 0.15) is 0 Å². The zero-order valence-electron chi connectivity index (χ0n) is 26.6. The zero-order valence-corrected chi connectivity index (χ0v) is 26.6. The normalized spacial score (nSPS) is 11.7. The Balaban J connectivity index is 1.23. The fourth-order valence-corrected chi connectivity index (χ4v) is 7.66. The fourth-order valence-electron chi connectivity index (χ4n) is 7.66. The van der Waals surface area contributed by atoms with Gasteiger partial charge in [-0.25, -0.2) is 0 Å². The summed E-state index contributed by atoms with van der Waals surface area (Å²) in [5.74, 6) is 0. The summed E-state index contributed by atoms with van der Waals surface area (Å²) in [7, 11) is 0. The Morgan fingerprint density at radius 2 is 1.06 bits per heavy atom. The third-order valence-electron chi connectivity index (χ3n) is 9.75. The van der Waals surface area contributed by atoms with Gasteiger partial charge in [-0.1, -0.05) is 121 Å². The van der Waals surface area contributed by atoms with Crippen LogP contribution in [0.4, 0.5) is 17.1 Å². The molecule has 0 spiro atoms. The van der Waals surface area contributed by atoms with E-state index >= 15 is 0 Å². The van der Waals surface area contributed by atoms with Crippen molar-refractivity contribution in [1.29, 1.82) is 0 Å². The molecule has 0 aliphatic rings. The minimum Gasteiger partial charge on any atom is -0.456 e. The van der Waals surface area contributed by atoms with E-state index in [9.17, 15) is 0 Å². The van der Waals surface area contributed by atoms with E-state index in [1.54, 1.807) is 0 Å². The number of para-hydroxylation sites is 3. The average Bonchev–Trinajstić information content (AvgIpc) is 3.71. The summed E-state index contributed by atoms with van der Waals surface area (Å²) in [5, 5.41) is 7.16. The molecular formula is C46H30N2O. The van der Waals surface area contributed by atoms with Crippen molar-refractivity contribution in [2.45, 2.75) is 0 Å². The van der Waals surface area contributed by atoms with Gasteiger partial charge in [-0.2, -0.15) is 0 Å². The molecule has 0 unspecified atom stereocenters. The van der Waals surface area contributed by atoms with Gasteiger partial charge in [0.25, 0.3) is 0 Å². The van der Waals surface area contributed by atoms with Gasteiger partial charge in [0.05, 0.1) is 16.7 Å². The van der Waals surface area contributed by atoms with Crippen molar-refractivity contribution in [2.75, 3.05) is 4.90 Å². The molecule has 0 aliphatic carbocycles. The summed E-state index contributed by atoms with van der Waals surface area (Å²) in [4.78, 5) is 2.35. The van der Waals surface area contributed by atoms with Gasteiger partial charge in [0.2, 0.25) is 0 Å². The first kappa shape index (κ1) is 27.5. The third kappa shape index (κ3) is 4.29. The lowest BCUT2D eigenvalue weighted by atomic mass is 9.94. The molecular weight excluding hydrogens is 597 g/mol. The van der Waals surface area contributed by atoms with Gasteiger partial charge in [0.15, 0.2) is 0 Å². The topological polar surface area (TPSA) is 21.3 Å². The summed E-state index contributed by atoms with van der Waals surface area (Å²) in [5.41, 5.74) is 10.9. The minimum atomic E-state index is 0.888. The zero-order chi connectivity index (χ0) is 32.3. The molecule has 3 heteroatoms. The number of hydrogen-bond acceptors (Lipinski definition) is 2. The Labute approximate surface area is 283 Å². The molecule has 0 N–H and O–H groups in total. The van der Waals surface area contributed by atoms with Crippen LogP contribution < -0.4 is 4.90 Å². The first-order chi connectivity index (χ1) is 24.3. The van der Waals surface area contributed by atoms with Gasteiger partial charge in [-0.15, -0.1) is 0 Å². The molecule has 0 saturated carbocycles. The lowest BCUT2D eigenvalue weighted by molar-refractivity contribution is 0.669. The number of rotatable bonds is 5. The molecule has 230 valence electrons. The molecule has 10 aromatic rings. The van der Waals surface area contributed by atoms with Crippen LogP contribution in [-0.2, 0) is 0 Å². The maximum absolute atomic E-state index is 6.57. The van der Waals surface area contributed by atoms with E-state index in [-0.39, 0.29) is 0 Å². The van der Waals surface area contributed by atoms with Crippen molar-refractivity contribution in [2.24, 2.45) is 0 Å². The SMILES string of the molecule is c1ccc(-c2c3c(cc4c2c2ccccc2n4-c2ccc(N(c4ccccc4)c4cccc5ccccc45)cc2)oc2ccccc23)cc1. The highest BCUT2D eigenvalue weighted by Crippen LogP contribution is 2.46. The third-order valence-corrected chi connectivity index (χ3v) is 9.75. The van der Waals surface area contributed by atoms with Crippen LogP contribution >= 0.6 is 0 Å². The van der Waals surface area contributed by atoms with Gasteiger partial charge >= 0.3 is 0 Å². The van der Waals surface area contributed by atoms with Crippen molar-refractivity contribution in [3.63, 3.8) is 0 Å². The van der Waals surface area contributed by atoms with E-state index in [0.29, 0.717) is 0 Å². The molecule has 2 aromatic heterocycles. The van der Waals surface area contributed by atoms with E-state index < -0.39 is 0 Å². The van der Waals surface area contributed by atoms with Crippen LogP contribution in [0.2, 0.25) is 0 Å². The monoisotopic (exact) mass is 626 g/mol. The summed E-state index contributed by atoms with van der Waals surface area (Å²) < 4.78 is 8.96. The van der Waals surface area contributed by atoms with E-state index in [0.717, 1.165) is 55.7 Å². The predicted octanol–water partition coefficient (Wildman–Crippen LogP) is 13.0. The Morgan fingerprint density at radius 1 is 0.429 bits per heavy atom. The summed E-state index contributed by atoms with van der Waals surface area (Å²) in [6, 6.07) is 64.8. The number of furan rings is 1. The van der Waals surface area contributed by atoms with Gasteiger partial charge in [-0.05, 0) is 65.5 Å². The number of anilines is 3. The fraction of sp³-hybridized carbons (Fsp3) is 0. The first-order valence-electron chi connectivity index (χ1n) is 16.7. The van der Waals surface area contributed by atoms with E-state index in [4.69, 9.17) is 4.42 Å². The smallest absolute Gasteiger partial charge is 0.138 e. The average molecular weight is 627 g/mol. The second-order valence-corrected chi connectivity index (χ2v) is 12.5. The Hall–Kier alpha value is -6.58. The van der Waals surface area contributed by atoms with Crippen molar-refractivity contribution < 1.29 is 4.42 Å². The summed E-state index contributed by atoms with van der Waals surface area (Å²) >= 11 is 0. The van der Waals surface area contributed by atoms with Crippen molar-refractivity contribution in [1.82, 2.24) is 4.57 Å². The van der Waals surface area contributed by atoms with Gasteiger partial charge in [-0.3, -0.25) is 0 Å². The lowest BCUT2D eigenvalue weighted by Crippen LogP contribution is -2.10. The predicted molar refractivity (Wildman–Crippen MR) is 206 cm³/mol. The van der Waals surface area contributed by atoms with E-state index in [2.05, 4.69) is 185 Å². The molecule has 2 heterocycles. The second-order valence-electron chi connectivity index (χ2n) is 12.5. The maximum atomic E-state index is 6.57. The number of hydrogen-bond donors (Lipinski definition) is 0. The molecule has 10 rings (SSSR count).